The van der Waals surface area contributed by atoms with Gasteiger partial charge < -0.3 is 16.2 Å². The SMILES string of the molecule is N/C(=N\C(=O)O)c1ccc(-c2ccccc2)cc1NC(=O)c1cccc(Br)c1. The molecule has 0 heterocycles. The van der Waals surface area contributed by atoms with Crippen molar-refractivity contribution in [3.8, 4) is 11.1 Å². The number of nitrogens with zero attached hydrogens (tertiary/aromatic N) is 1. The molecule has 0 saturated carbocycles. The van der Waals surface area contributed by atoms with E-state index in [0.29, 0.717) is 16.8 Å². The number of anilines is 1. The second-order valence-electron chi connectivity index (χ2n) is 5.87. The highest BCUT2D eigenvalue weighted by Gasteiger charge is 2.14. The first-order valence-corrected chi connectivity index (χ1v) is 9.07. The van der Waals surface area contributed by atoms with Crippen molar-refractivity contribution in [2.75, 3.05) is 5.32 Å². The molecule has 0 aromatic heterocycles. The molecular weight excluding hydrogens is 422 g/mol. The van der Waals surface area contributed by atoms with Crippen LogP contribution in [-0.4, -0.2) is 22.9 Å². The van der Waals surface area contributed by atoms with Crippen molar-refractivity contribution < 1.29 is 14.7 Å². The van der Waals surface area contributed by atoms with E-state index in [1.807, 2.05) is 36.4 Å². The van der Waals surface area contributed by atoms with Crippen molar-refractivity contribution in [2.24, 2.45) is 10.7 Å². The maximum Gasteiger partial charge on any atom is 0.433 e. The Morgan fingerprint density at radius 2 is 1.68 bits per heavy atom. The van der Waals surface area contributed by atoms with Gasteiger partial charge in [-0.1, -0.05) is 58.4 Å². The van der Waals surface area contributed by atoms with Crippen molar-refractivity contribution in [1.82, 2.24) is 0 Å². The zero-order chi connectivity index (χ0) is 20.1. The molecule has 0 spiro atoms. The molecule has 0 radical (unpaired) electrons. The maximum absolute atomic E-state index is 12.7. The number of rotatable bonds is 4. The Kier molecular flexibility index (Phi) is 5.86. The first-order valence-electron chi connectivity index (χ1n) is 8.28. The van der Waals surface area contributed by atoms with Crippen LogP contribution in [0.25, 0.3) is 11.1 Å². The summed E-state index contributed by atoms with van der Waals surface area (Å²) in [6.45, 7) is 0. The average molecular weight is 438 g/mol. The fraction of sp³-hybridized carbons (Fsp3) is 0. The van der Waals surface area contributed by atoms with Crippen molar-refractivity contribution in [3.05, 3.63) is 88.4 Å². The van der Waals surface area contributed by atoms with Gasteiger partial charge >= 0.3 is 6.09 Å². The number of benzene rings is 3. The molecule has 7 heteroatoms. The fourth-order valence-electron chi connectivity index (χ4n) is 2.67. The Balaban J connectivity index is 2.04. The summed E-state index contributed by atoms with van der Waals surface area (Å²) in [6.07, 6.45) is -1.41. The van der Waals surface area contributed by atoms with Gasteiger partial charge in [-0.3, -0.25) is 4.79 Å². The molecule has 3 aromatic rings. The third kappa shape index (κ3) is 4.63. The van der Waals surface area contributed by atoms with E-state index < -0.39 is 6.09 Å². The molecule has 0 fully saturated rings. The molecule has 0 aliphatic carbocycles. The summed E-state index contributed by atoms with van der Waals surface area (Å²) in [4.78, 5) is 26.9. The van der Waals surface area contributed by atoms with Gasteiger partial charge in [0, 0.05) is 15.6 Å². The Bertz CT molecular complexity index is 1070. The Morgan fingerprint density at radius 1 is 0.929 bits per heavy atom. The van der Waals surface area contributed by atoms with E-state index >= 15 is 0 Å². The largest absolute Gasteiger partial charge is 0.463 e. The number of carbonyl (C=O) groups is 2. The van der Waals surface area contributed by atoms with Crippen LogP contribution in [0, 0.1) is 0 Å². The van der Waals surface area contributed by atoms with E-state index in [4.69, 9.17) is 10.8 Å². The number of amidine groups is 1. The van der Waals surface area contributed by atoms with Gasteiger partial charge in [-0.2, -0.15) is 4.99 Å². The standard InChI is InChI=1S/C21H16BrN3O3/c22-16-8-4-7-15(11-16)20(26)24-18-12-14(13-5-2-1-3-6-13)9-10-17(18)19(23)25-21(27)28/h1-12H,(H2,23,25)(H,24,26)(H,27,28). The minimum atomic E-state index is -1.41. The van der Waals surface area contributed by atoms with Crippen LogP contribution in [0.3, 0.4) is 0 Å². The van der Waals surface area contributed by atoms with Crippen LogP contribution >= 0.6 is 15.9 Å². The molecule has 0 atom stereocenters. The molecule has 140 valence electrons. The summed E-state index contributed by atoms with van der Waals surface area (Å²) in [6, 6.07) is 21.7. The summed E-state index contributed by atoms with van der Waals surface area (Å²) in [7, 11) is 0. The predicted molar refractivity (Wildman–Crippen MR) is 113 cm³/mol. The van der Waals surface area contributed by atoms with Gasteiger partial charge in [-0.05, 0) is 41.5 Å². The van der Waals surface area contributed by atoms with Gasteiger partial charge in [0.1, 0.15) is 5.84 Å². The lowest BCUT2D eigenvalue weighted by Gasteiger charge is -2.13. The van der Waals surface area contributed by atoms with Gasteiger partial charge in [0.15, 0.2) is 0 Å². The zero-order valence-corrected chi connectivity index (χ0v) is 16.2. The van der Waals surface area contributed by atoms with Crippen molar-refractivity contribution in [2.45, 2.75) is 0 Å². The molecule has 0 saturated heterocycles. The second kappa shape index (κ2) is 8.49. The highest BCUT2D eigenvalue weighted by atomic mass is 79.9. The van der Waals surface area contributed by atoms with Crippen LogP contribution in [0.15, 0.2) is 82.3 Å². The Morgan fingerprint density at radius 3 is 2.36 bits per heavy atom. The quantitative estimate of drug-likeness (QED) is 0.404. The van der Waals surface area contributed by atoms with Crippen molar-refractivity contribution in [3.63, 3.8) is 0 Å². The second-order valence-corrected chi connectivity index (χ2v) is 6.79. The molecular formula is C21H16BrN3O3. The summed E-state index contributed by atoms with van der Waals surface area (Å²) < 4.78 is 0.769. The lowest BCUT2D eigenvalue weighted by atomic mass is 10.0. The number of nitrogens with one attached hydrogen (secondary N) is 1. The van der Waals surface area contributed by atoms with Gasteiger partial charge in [-0.15, -0.1) is 0 Å². The first-order chi connectivity index (χ1) is 13.4. The average Bonchev–Trinajstić information content (AvgIpc) is 2.68. The van der Waals surface area contributed by atoms with E-state index in [-0.39, 0.29) is 11.7 Å². The van der Waals surface area contributed by atoms with E-state index in [1.54, 1.807) is 36.4 Å². The normalized spacial score (nSPS) is 11.1. The van der Waals surface area contributed by atoms with E-state index in [2.05, 4.69) is 26.2 Å². The number of carbonyl (C=O) groups excluding carboxylic acids is 1. The number of hydrogen-bond donors (Lipinski definition) is 3. The summed E-state index contributed by atoms with van der Waals surface area (Å²) in [5.74, 6) is -0.549. The topological polar surface area (TPSA) is 105 Å². The molecule has 3 aromatic carbocycles. The summed E-state index contributed by atoms with van der Waals surface area (Å²) in [5.41, 5.74) is 8.76. The van der Waals surface area contributed by atoms with Crippen LogP contribution in [0.5, 0.6) is 0 Å². The number of halogens is 1. The molecule has 6 nitrogen and oxygen atoms in total. The van der Waals surface area contributed by atoms with Gasteiger partial charge in [0.25, 0.3) is 5.91 Å². The van der Waals surface area contributed by atoms with Crippen LogP contribution < -0.4 is 11.1 Å². The molecule has 0 aliphatic rings. The minimum Gasteiger partial charge on any atom is -0.463 e. The molecule has 28 heavy (non-hydrogen) atoms. The van der Waals surface area contributed by atoms with Crippen LogP contribution in [-0.2, 0) is 0 Å². The maximum atomic E-state index is 12.7. The fourth-order valence-corrected chi connectivity index (χ4v) is 3.07. The molecule has 0 aliphatic heterocycles. The van der Waals surface area contributed by atoms with Crippen molar-refractivity contribution >= 4 is 39.5 Å². The third-order valence-corrected chi connectivity index (χ3v) is 4.45. The smallest absolute Gasteiger partial charge is 0.433 e. The number of amides is 2. The number of nitrogens with two attached hydrogens (primary N) is 1. The predicted octanol–water partition coefficient (Wildman–Crippen LogP) is 4.75. The highest BCUT2D eigenvalue weighted by molar-refractivity contribution is 9.10. The van der Waals surface area contributed by atoms with E-state index in [1.165, 1.54) is 0 Å². The number of aliphatic imine (C=N–C) groups is 1. The van der Waals surface area contributed by atoms with Crippen LogP contribution in [0.2, 0.25) is 0 Å². The van der Waals surface area contributed by atoms with E-state index in [9.17, 15) is 9.59 Å². The molecule has 4 N–H and O–H groups in total. The monoisotopic (exact) mass is 437 g/mol. The van der Waals surface area contributed by atoms with Crippen molar-refractivity contribution in [1.29, 1.82) is 0 Å². The number of hydrogen-bond acceptors (Lipinski definition) is 2. The molecule has 3 rings (SSSR count). The molecule has 0 unspecified atom stereocenters. The van der Waals surface area contributed by atoms with Crippen LogP contribution in [0.4, 0.5) is 10.5 Å². The Hall–Kier alpha value is -3.45. The Labute approximate surface area is 169 Å². The third-order valence-electron chi connectivity index (χ3n) is 3.95. The minimum absolute atomic E-state index is 0.198. The lowest BCUT2D eigenvalue weighted by Crippen LogP contribution is -2.20. The van der Waals surface area contributed by atoms with Gasteiger partial charge in [0.2, 0.25) is 0 Å². The summed E-state index contributed by atoms with van der Waals surface area (Å²) in [5, 5.41) is 11.7. The number of carboxylic acid groups (broad SMARTS) is 1. The molecule has 0 bridgehead atoms. The zero-order valence-electron chi connectivity index (χ0n) is 14.6. The van der Waals surface area contributed by atoms with Gasteiger partial charge in [-0.25, -0.2) is 4.79 Å². The first kappa shape index (κ1) is 19.3. The van der Waals surface area contributed by atoms with Crippen LogP contribution in [0.1, 0.15) is 15.9 Å². The van der Waals surface area contributed by atoms with E-state index in [0.717, 1.165) is 15.6 Å². The lowest BCUT2D eigenvalue weighted by molar-refractivity contribution is 0.102. The highest BCUT2D eigenvalue weighted by Crippen LogP contribution is 2.26. The summed E-state index contributed by atoms with van der Waals surface area (Å²) >= 11 is 3.34. The van der Waals surface area contributed by atoms with Gasteiger partial charge in [0.05, 0.1) is 5.69 Å². The molecule has 2 amide bonds.